The van der Waals surface area contributed by atoms with Crippen molar-refractivity contribution < 1.29 is 17.9 Å². The predicted octanol–water partition coefficient (Wildman–Crippen LogP) is 1.53. The van der Waals surface area contributed by atoms with Crippen molar-refractivity contribution in [2.75, 3.05) is 12.0 Å². The van der Waals surface area contributed by atoms with Crippen LogP contribution in [0.5, 0.6) is 0 Å². The number of rotatable bonds is 8. The summed E-state index contributed by atoms with van der Waals surface area (Å²) in [5.41, 5.74) is 6.04. The van der Waals surface area contributed by atoms with Crippen molar-refractivity contribution in [1.29, 1.82) is 0 Å². The van der Waals surface area contributed by atoms with Crippen LogP contribution in [0.25, 0.3) is 0 Å². The van der Waals surface area contributed by atoms with Crippen LogP contribution in [-0.2, 0) is 19.6 Å². The lowest BCUT2D eigenvalue weighted by atomic mass is 10.1. The number of hydrogen-bond acceptors (Lipinski definition) is 5. The average molecular weight is 353 g/mol. The summed E-state index contributed by atoms with van der Waals surface area (Å²) < 4.78 is 32.2. The lowest BCUT2D eigenvalue weighted by molar-refractivity contribution is -0.121. The van der Waals surface area contributed by atoms with E-state index < -0.39 is 10.0 Å². The van der Waals surface area contributed by atoms with Gasteiger partial charge < -0.3 is 4.74 Å². The second kappa shape index (κ2) is 7.50. The molecule has 8 heteroatoms. The van der Waals surface area contributed by atoms with E-state index in [1.807, 2.05) is 0 Å². The summed E-state index contributed by atoms with van der Waals surface area (Å²) in [5.74, 6) is -0.113. The molecule has 1 aromatic rings. The van der Waals surface area contributed by atoms with Crippen LogP contribution in [-0.4, -0.2) is 33.1 Å². The summed E-state index contributed by atoms with van der Waals surface area (Å²) in [5, 5.41) is 0. The van der Waals surface area contributed by atoms with Gasteiger partial charge in [0.25, 0.3) is 0 Å². The van der Waals surface area contributed by atoms with E-state index in [9.17, 15) is 13.2 Å². The number of sulfonamides is 1. The van der Waals surface area contributed by atoms with Crippen LogP contribution in [0.2, 0.25) is 0 Å². The molecule has 0 aromatic heterocycles. The second-order valence-electron chi connectivity index (χ2n) is 6.27. The number of carbonyl (C=O) groups excluding carboxylic acids is 1. The molecule has 3 N–H and O–H groups in total. The zero-order chi connectivity index (χ0) is 17.0. The highest BCUT2D eigenvalue weighted by atomic mass is 32.2. The molecule has 2 aliphatic rings. The first kappa shape index (κ1) is 17.2. The van der Waals surface area contributed by atoms with E-state index in [4.69, 9.17) is 4.74 Å². The SMILES string of the molecule is O=C(CCC1CCCO1)NNc1ccc(S(=O)(=O)NC2CC2)cc1. The monoisotopic (exact) mass is 353 g/mol. The van der Waals surface area contributed by atoms with E-state index in [2.05, 4.69) is 15.6 Å². The van der Waals surface area contributed by atoms with Crippen molar-refractivity contribution in [1.82, 2.24) is 10.1 Å². The molecule has 0 bridgehead atoms. The first-order chi connectivity index (χ1) is 11.5. The summed E-state index contributed by atoms with van der Waals surface area (Å²) in [6.45, 7) is 0.787. The predicted molar refractivity (Wildman–Crippen MR) is 89.8 cm³/mol. The Morgan fingerprint density at radius 2 is 1.92 bits per heavy atom. The van der Waals surface area contributed by atoms with Gasteiger partial charge >= 0.3 is 0 Å². The number of hydrazine groups is 1. The Morgan fingerprint density at radius 1 is 1.17 bits per heavy atom. The molecule has 7 nitrogen and oxygen atoms in total. The first-order valence-electron chi connectivity index (χ1n) is 8.32. The van der Waals surface area contributed by atoms with E-state index in [-0.39, 0.29) is 22.9 Å². The third-order valence-corrected chi connectivity index (χ3v) is 5.66. The van der Waals surface area contributed by atoms with Crippen LogP contribution in [0.3, 0.4) is 0 Å². The van der Waals surface area contributed by atoms with Gasteiger partial charge in [-0.2, -0.15) is 0 Å². The molecule has 1 aliphatic heterocycles. The van der Waals surface area contributed by atoms with E-state index in [1.54, 1.807) is 12.1 Å². The van der Waals surface area contributed by atoms with Gasteiger partial charge in [0.15, 0.2) is 0 Å². The van der Waals surface area contributed by atoms with Crippen molar-refractivity contribution in [3.63, 3.8) is 0 Å². The molecule has 1 saturated heterocycles. The second-order valence-corrected chi connectivity index (χ2v) is 7.98. The van der Waals surface area contributed by atoms with E-state index in [1.165, 1.54) is 12.1 Å². The number of carbonyl (C=O) groups is 1. The number of nitrogens with one attached hydrogen (secondary N) is 3. The van der Waals surface area contributed by atoms with Crippen molar-refractivity contribution in [2.45, 2.75) is 55.6 Å². The summed E-state index contributed by atoms with van der Waals surface area (Å²) in [7, 11) is -3.44. The van der Waals surface area contributed by atoms with Gasteiger partial charge in [-0.3, -0.25) is 15.6 Å². The topological polar surface area (TPSA) is 96.5 Å². The molecule has 1 aromatic carbocycles. The van der Waals surface area contributed by atoms with Crippen molar-refractivity contribution in [3.05, 3.63) is 24.3 Å². The zero-order valence-corrected chi connectivity index (χ0v) is 14.3. The third kappa shape index (κ3) is 4.93. The van der Waals surface area contributed by atoms with Crippen molar-refractivity contribution >= 4 is 21.6 Å². The highest BCUT2D eigenvalue weighted by molar-refractivity contribution is 7.89. The summed E-state index contributed by atoms with van der Waals surface area (Å²) in [6, 6.07) is 6.37. The van der Waals surface area contributed by atoms with Gasteiger partial charge in [0.2, 0.25) is 15.9 Å². The Bertz CT molecular complexity index is 665. The maximum atomic E-state index is 12.1. The first-order valence-corrected chi connectivity index (χ1v) is 9.80. The normalized spacial score (nSPS) is 20.8. The minimum atomic E-state index is -3.44. The summed E-state index contributed by atoms with van der Waals surface area (Å²) in [6.07, 6.45) is 5.20. The number of ether oxygens (including phenoxy) is 1. The summed E-state index contributed by atoms with van der Waals surface area (Å²) in [4.78, 5) is 12.0. The van der Waals surface area contributed by atoms with Crippen LogP contribution < -0.4 is 15.6 Å². The number of anilines is 1. The molecule has 3 rings (SSSR count). The third-order valence-electron chi connectivity index (χ3n) is 4.13. The van der Waals surface area contributed by atoms with Gasteiger partial charge in [0.1, 0.15) is 0 Å². The molecular weight excluding hydrogens is 330 g/mol. The molecule has 0 spiro atoms. The standard InChI is InChI=1S/C16H23N3O4S/c20-16(10-7-14-2-1-11-23-14)18-17-12-5-8-15(9-6-12)24(21,22)19-13-3-4-13/h5-6,8-9,13-14,17,19H,1-4,7,10-11H2,(H,18,20). The van der Waals surface area contributed by atoms with Gasteiger partial charge in [-0.1, -0.05) is 0 Å². The molecule has 1 aliphatic carbocycles. The molecule has 1 atom stereocenters. The maximum Gasteiger partial charge on any atom is 0.240 e. The molecule has 2 fully saturated rings. The van der Waals surface area contributed by atoms with E-state index in [0.29, 0.717) is 12.1 Å². The molecule has 1 saturated carbocycles. The van der Waals surface area contributed by atoms with Crippen molar-refractivity contribution in [2.24, 2.45) is 0 Å². The number of hydrogen-bond donors (Lipinski definition) is 3. The van der Waals surface area contributed by atoms with Gasteiger partial charge in [0, 0.05) is 19.1 Å². The summed E-state index contributed by atoms with van der Waals surface area (Å²) >= 11 is 0. The fourth-order valence-corrected chi connectivity index (χ4v) is 3.88. The highest BCUT2D eigenvalue weighted by Crippen LogP contribution is 2.22. The molecule has 1 amide bonds. The molecular formula is C16H23N3O4S. The Labute approximate surface area is 142 Å². The lowest BCUT2D eigenvalue weighted by Gasteiger charge is -2.11. The minimum absolute atomic E-state index is 0.0796. The molecule has 24 heavy (non-hydrogen) atoms. The Morgan fingerprint density at radius 3 is 2.54 bits per heavy atom. The van der Waals surface area contributed by atoms with Gasteiger partial charge in [-0.15, -0.1) is 0 Å². The van der Waals surface area contributed by atoms with E-state index >= 15 is 0 Å². The largest absolute Gasteiger partial charge is 0.378 e. The number of amides is 1. The Hall–Kier alpha value is -1.64. The molecule has 1 unspecified atom stereocenters. The van der Waals surface area contributed by atoms with Crippen LogP contribution in [0.1, 0.15) is 38.5 Å². The lowest BCUT2D eigenvalue weighted by Crippen LogP contribution is -2.30. The Kier molecular flexibility index (Phi) is 5.37. The highest BCUT2D eigenvalue weighted by Gasteiger charge is 2.27. The van der Waals surface area contributed by atoms with Gasteiger partial charge in [-0.25, -0.2) is 13.1 Å². The molecule has 0 radical (unpaired) electrons. The smallest absolute Gasteiger partial charge is 0.240 e. The molecule has 132 valence electrons. The van der Waals surface area contributed by atoms with Crippen LogP contribution in [0.15, 0.2) is 29.2 Å². The fourth-order valence-electron chi connectivity index (χ4n) is 2.57. The minimum Gasteiger partial charge on any atom is -0.378 e. The zero-order valence-electron chi connectivity index (χ0n) is 13.5. The Balaban J connectivity index is 1.44. The van der Waals surface area contributed by atoms with Gasteiger partial charge in [0.05, 0.1) is 16.7 Å². The quantitative estimate of drug-likeness (QED) is 0.616. The van der Waals surface area contributed by atoms with Crippen LogP contribution in [0.4, 0.5) is 5.69 Å². The number of benzene rings is 1. The fraction of sp³-hybridized carbons (Fsp3) is 0.562. The van der Waals surface area contributed by atoms with E-state index in [0.717, 1.165) is 38.7 Å². The van der Waals surface area contributed by atoms with Crippen LogP contribution >= 0.6 is 0 Å². The van der Waals surface area contributed by atoms with Gasteiger partial charge in [-0.05, 0) is 56.4 Å². The molecule has 1 heterocycles. The van der Waals surface area contributed by atoms with Crippen molar-refractivity contribution in [3.8, 4) is 0 Å². The average Bonchev–Trinajstić information content (AvgIpc) is 3.21. The van der Waals surface area contributed by atoms with Crippen LogP contribution in [0, 0.1) is 0 Å². The maximum absolute atomic E-state index is 12.1.